The zero-order chi connectivity index (χ0) is 19.5. The molecule has 3 aromatic heterocycles. The van der Waals surface area contributed by atoms with E-state index in [1.165, 1.54) is 12.0 Å². The van der Waals surface area contributed by atoms with Crippen molar-refractivity contribution in [3.05, 3.63) is 71.1 Å². The van der Waals surface area contributed by atoms with E-state index in [0.29, 0.717) is 0 Å². The van der Waals surface area contributed by atoms with E-state index in [9.17, 15) is 0 Å². The summed E-state index contributed by atoms with van der Waals surface area (Å²) in [5.41, 5.74) is 4.53. The maximum Gasteiger partial charge on any atom is 0.135 e. The van der Waals surface area contributed by atoms with Crippen molar-refractivity contribution in [1.82, 2.24) is 24.8 Å². The highest BCUT2D eigenvalue weighted by atomic mass is 15.2. The van der Waals surface area contributed by atoms with E-state index in [0.717, 1.165) is 53.9 Å². The summed E-state index contributed by atoms with van der Waals surface area (Å²) in [7, 11) is 0. The first-order valence-electron chi connectivity index (χ1n) is 9.79. The number of likely N-dealkylation sites (tertiary alicyclic amines) is 1. The first-order chi connectivity index (χ1) is 13.6. The lowest BCUT2D eigenvalue weighted by Crippen LogP contribution is -2.25. The highest BCUT2D eigenvalue weighted by molar-refractivity contribution is 5.55. The number of anilines is 2. The zero-order valence-electron chi connectivity index (χ0n) is 16.7. The molecule has 144 valence electrons. The maximum absolute atomic E-state index is 4.76. The van der Waals surface area contributed by atoms with Crippen molar-refractivity contribution in [2.45, 2.75) is 46.2 Å². The summed E-state index contributed by atoms with van der Waals surface area (Å²) in [6.07, 6.45) is 5.93. The molecule has 1 unspecified atom stereocenters. The quantitative estimate of drug-likeness (QED) is 0.719. The number of nitrogens with one attached hydrogen (secondary N) is 1. The lowest BCUT2D eigenvalue weighted by Gasteiger charge is -2.25. The summed E-state index contributed by atoms with van der Waals surface area (Å²) in [6.45, 7) is 8.02. The monoisotopic (exact) mass is 374 g/mol. The van der Waals surface area contributed by atoms with E-state index < -0.39 is 0 Å². The molecule has 0 aliphatic carbocycles. The van der Waals surface area contributed by atoms with Crippen LogP contribution in [-0.2, 0) is 6.54 Å². The Bertz CT molecular complexity index is 971. The van der Waals surface area contributed by atoms with Crippen molar-refractivity contribution in [2.24, 2.45) is 0 Å². The molecule has 0 amide bonds. The third-order valence-electron chi connectivity index (χ3n) is 5.29. The zero-order valence-corrected chi connectivity index (χ0v) is 16.7. The average Bonchev–Trinajstić information content (AvgIpc) is 3.13. The third-order valence-corrected chi connectivity index (χ3v) is 5.29. The lowest BCUT2D eigenvalue weighted by molar-refractivity contribution is 0.240. The standard InChI is InChI=1S/C22H26N6/c1-15-7-4-10-23-19(15)14-28-12-6-9-20(28)18-13-21(26-17(3)25-18)27-22-16(2)8-5-11-24-22/h4-5,7-8,10-11,13,20H,6,9,12,14H2,1-3H3,(H,24,25,26,27). The van der Waals surface area contributed by atoms with Crippen LogP contribution in [0.5, 0.6) is 0 Å². The number of rotatable bonds is 5. The van der Waals surface area contributed by atoms with Crippen LogP contribution in [-0.4, -0.2) is 31.4 Å². The van der Waals surface area contributed by atoms with Crippen molar-refractivity contribution in [3.63, 3.8) is 0 Å². The Morgan fingerprint density at radius 2 is 1.82 bits per heavy atom. The van der Waals surface area contributed by atoms with Crippen LogP contribution in [0.2, 0.25) is 0 Å². The minimum Gasteiger partial charge on any atom is -0.325 e. The average molecular weight is 374 g/mol. The number of aromatic nitrogens is 4. The Kier molecular flexibility index (Phi) is 5.30. The molecule has 4 heterocycles. The molecule has 4 rings (SSSR count). The fourth-order valence-electron chi connectivity index (χ4n) is 3.79. The summed E-state index contributed by atoms with van der Waals surface area (Å²) < 4.78 is 0. The molecular formula is C22H26N6. The van der Waals surface area contributed by atoms with Gasteiger partial charge in [-0.3, -0.25) is 9.88 Å². The van der Waals surface area contributed by atoms with Gasteiger partial charge < -0.3 is 5.32 Å². The lowest BCUT2D eigenvalue weighted by atomic mass is 10.1. The molecule has 0 aromatic carbocycles. The molecule has 1 atom stereocenters. The maximum atomic E-state index is 4.76. The molecule has 0 saturated carbocycles. The Hall–Kier alpha value is -2.86. The van der Waals surface area contributed by atoms with E-state index in [-0.39, 0.29) is 6.04 Å². The molecule has 1 aliphatic heterocycles. The van der Waals surface area contributed by atoms with Gasteiger partial charge in [-0.25, -0.2) is 15.0 Å². The van der Waals surface area contributed by atoms with Gasteiger partial charge in [0.2, 0.25) is 0 Å². The predicted molar refractivity (Wildman–Crippen MR) is 110 cm³/mol. The van der Waals surface area contributed by atoms with Gasteiger partial charge in [-0.1, -0.05) is 12.1 Å². The van der Waals surface area contributed by atoms with Crippen LogP contribution in [0.4, 0.5) is 11.6 Å². The molecule has 6 nitrogen and oxygen atoms in total. The molecule has 6 heteroatoms. The summed E-state index contributed by atoms with van der Waals surface area (Å²) >= 11 is 0. The van der Waals surface area contributed by atoms with Gasteiger partial charge in [-0.15, -0.1) is 0 Å². The highest BCUT2D eigenvalue weighted by Gasteiger charge is 2.28. The van der Waals surface area contributed by atoms with E-state index in [1.807, 2.05) is 38.2 Å². The van der Waals surface area contributed by atoms with Crippen LogP contribution >= 0.6 is 0 Å². The van der Waals surface area contributed by atoms with E-state index in [1.54, 1.807) is 6.20 Å². The van der Waals surface area contributed by atoms with Gasteiger partial charge in [0.25, 0.3) is 0 Å². The van der Waals surface area contributed by atoms with Gasteiger partial charge in [0, 0.05) is 25.0 Å². The fraction of sp³-hybridized carbons (Fsp3) is 0.364. The van der Waals surface area contributed by atoms with Gasteiger partial charge in [-0.05, 0) is 63.4 Å². The Balaban J connectivity index is 1.58. The Labute approximate surface area is 166 Å². The first kappa shape index (κ1) is 18.5. The SMILES string of the molecule is Cc1nc(Nc2ncccc2C)cc(C2CCCN2Cc2ncccc2C)n1. The predicted octanol–water partition coefficient (Wildman–Crippen LogP) is 4.27. The molecule has 1 fully saturated rings. The number of pyridine rings is 2. The van der Waals surface area contributed by atoms with Crippen LogP contribution in [0.25, 0.3) is 0 Å². The van der Waals surface area contributed by atoms with Crippen molar-refractivity contribution < 1.29 is 0 Å². The molecule has 0 spiro atoms. The van der Waals surface area contributed by atoms with E-state index in [4.69, 9.17) is 4.98 Å². The fourth-order valence-corrected chi connectivity index (χ4v) is 3.79. The molecule has 3 aromatic rings. The van der Waals surface area contributed by atoms with Gasteiger partial charge in [0.15, 0.2) is 0 Å². The smallest absolute Gasteiger partial charge is 0.135 e. The molecule has 1 saturated heterocycles. The van der Waals surface area contributed by atoms with Crippen LogP contribution in [0.3, 0.4) is 0 Å². The Morgan fingerprint density at radius 1 is 1.04 bits per heavy atom. The van der Waals surface area contributed by atoms with E-state index in [2.05, 4.69) is 44.2 Å². The highest BCUT2D eigenvalue weighted by Crippen LogP contribution is 2.33. The van der Waals surface area contributed by atoms with Crippen molar-refractivity contribution in [1.29, 1.82) is 0 Å². The largest absolute Gasteiger partial charge is 0.325 e. The minimum atomic E-state index is 0.286. The van der Waals surface area contributed by atoms with Gasteiger partial charge in [0.1, 0.15) is 17.5 Å². The molecule has 0 bridgehead atoms. The Morgan fingerprint density at radius 3 is 2.61 bits per heavy atom. The third kappa shape index (κ3) is 4.02. The summed E-state index contributed by atoms with van der Waals surface area (Å²) in [6, 6.07) is 10.4. The van der Waals surface area contributed by atoms with Crippen molar-refractivity contribution in [2.75, 3.05) is 11.9 Å². The molecule has 0 radical (unpaired) electrons. The van der Waals surface area contributed by atoms with E-state index >= 15 is 0 Å². The molecular weight excluding hydrogens is 348 g/mol. The molecule has 1 N–H and O–H groups in total. The molecule has 28 heavy (non-hydrogen) atoms. The normalized spacial score (nSPS) is 17.0. The number of nitrogens with zero attached hydrogens (tertiary/aromatic N) is 5. The van der Waals surface area contributed by atoms with Crippen molar-refractivity contribution in [3.8, 4) is 0 Å². The first-order valence-corrected chi connectivity index (χ1v) is 9.79. The second-order valence-electron chi connectivity index (χ2n) is 7.41. The van der Waals surface area contributed by atoms with Gasteiger partial charge in [-0.2, -0.15) is 0 Å². The van der Waals surface area contributed by atoms with Gasteiger partial charge >= 0.3 is 0 Å². The van der Waals surface area contributed by atoms with Crippen LogP contribution in [0.1, 0.15) is 47.2 Å². The summed E-state index contributed by atoms with van der Waals surface area (Å²) in [4.78, 5) is 20.8. The van der Waals surface area contributed by atoms with Crippen molar-refractivity contribution >= 4 is 11.6 Å². The second-order valence-corrected chi connectivity index (χ2v) is 7.41. The number of hydrogen-bond donors (Lipinski definition) is 1. The summed E-state index contributed by atoms with van der Waals surface area (Å²) in [5, 5.41) is 3.36. The minimum absolute atomic E-state index is 0.286. The van der Waals surface area contributed by atoms with Gasteiger partial charge in [0.05, 0.1) is 17.4 Å². The van der Waals surface area contributed by atoms with Crippen LogP contribution in [0.15, 0.2) is 42.7 Å². The van der Waals surface area contributed by atoms with Crippen LogP contribution in [0, 0.1) is 20.8 Å². The topological polar surface area (TPSA) is 66.8 Å². The second kappa shape index (κ2) is 8.02. The van der Waals surface area contributed by atoms with Crippen LogP contribution < -0.4 is 5.32 Å². The number of aryl methyl sites for hydroxylation is 3. The number of hydrogen-bond acceptors (Lipinski definition) is 6. The summed E-state index contributed by atoms with van der Waals surface area (Å²) in [5.74, 6) is 2.40. The molecule has 1 aliphatic rings.